The maximum atomic E-state index is 12.4. The number of benzene rings is 1. The number of aromatic amines is 1. The molecule has 0 amide bonds. The number of hydrogen-bond donors (Lipinski definition) is 2. The lowest BCUT2D eigenvalue weighted by molar-refractivity contribution is 0.122. The Bertz CT molecular complexity index is 757. The number of nitrogens with two attached hydrogens (primary N) is 1. The second-order valence-electron chi connectivity index (χ2n) is 4.88. The number of H-pyrrole nitrogens is 1. The number of halogens is 2. The molecule has 0 atom stereocenters. The van der Waals surface area contributed by atoms with Gasteiger partial charge in [-0.1, -0.05) is 29.3 Å². The smallest absolute Gasteiger partial charge is 0.262 e. The first kappa shape index (κ1) is 15.1. The van der Waals surface area contributed by atoms with Crippen molar-refractivity contribution in [3.05, 3.63) is 38.6 Å². The van der Waals surface area contributed by atoms with E-state index in [1.807, 2.05) is 4.90 Å². The molecular weight excluding hydrogens is 327 g/mol. The van der Waals surface area contributed by atoms with Crippen molar-refractivity contribution in [2.75, 3.05) is 36.9 Å². The molecule has 0 bridgehead atoms. The third-order valence-electron chi connectivity index (χ3n) is 3.45. The van der Waals surface area contributed by atoms with E-state index >= 15 is 0 Å². The molecule has 0 unspecified atom stereocenters. The number of nitrogen functional groups attached to an aromatic ring is 1. The van der Waals surface area contributed by atoms with Crippen molar-refractivity contribution < 1.29 is 4.74 Å². The zero-order chi connectivity index (χ0) is 15.7. The summed E-state index contributed by atoms with van der Waals surface area (Å²) in [4.78, 5) is 21.4. The fraction of sp³-hybridized carbons (Fsp3) is 0.286. The fourth-order valence-electron chi connectivity index (χ4n) is 2.33. The van der Waals surface area contributed by atoms with Gasteiger partial charge < -0.3 is 15.4 Å². The van der Waals surface area contributed by atoms with Gasteiger partial charge in [-0.15, -0.1) is 0 Å². The lowest BCUT2D eigenvalue weighted by Crippen LogP contribution is -2.38. The Morgan fingerprint density at radius 2 is 1.95 bits per heavy atom. The molecule has 0 radical (unpaired) electrons. The van der Waals surface area contributed by atoms with Gasteiger partial charge in [0.2, 0.25) is 5.95 Å². The van der Waals surface area contributed by atoms with E-state index in [-0.39, 0.29) is 16.9 Å². The molecule has 8 heteroatoms. The molecule has 0 aliphatic carbocycles. The summed E-state index contributed by atoms with van der Waals surface area (Å²) in [6, 6.07) is 4.90. The van der Waals surface area contributed by atoms with E-state index in [4.69, 9.17) is 33.7 Å². The molecule has 1 aromatic heterocycles. The highest BCUT2D eigenvalue weighted by molar-refractivity contribution is 6.42. The van der Waals surface area contributed by atoms with E-state index in [0.717, 1.165) is 0 Å². The molecule has 1 saturated heterocycles. The van der Waals surface area contributed by atoms with Gasteiger partial charge in [0.05, 0.1) is 28.8 Å². The van der Waals surface area contributed by atoms with Gasteiger partial charge in [-0.3, -0.25) is 9.78 Å². The number of hydrogen-bond acceptors (Lipinski definition) is 5. The van der Waals surface area contributed by atoms with Crippen molar-refractivity contribution in [3.63, 3.8) is 0 Å². The minimum Gasteiger partial charge on any atom is -0.383 e. The molecule has 6 nitrogen and oxygen atoms in total. The SMILES string of the molecule is Nc1nc(N2CCOCC2)[nH]c(=O)c1-c1ccc(Cl)c(Cl)c1. The highest BCUT2D eigenvalue weighted by Crippen LogP contribution is 2.29. The van der Waals surface area contributed by atoms with Crippen LogP contribution in [0.4, 0.5) is 11.8 Å². The molecule has 0 spiro atoms. The number of aromatic nitrogens is 2. The minimum absolute atomic E-state index is 0.156. The van der Waals surface area contributed by atoms with Crippen LogP contribution in [0.25, 0.3) is 11.1 Å². The molecule has 1 fully saturated rings. The molecule has 1 aliphatic rings. The highest BCUT2D eigenvalue weighted by atomic mass is 35.5. The van der Waals surface area contributed by atoms with E-state index in [9.17, 15) is 4.79 Å². The number of morpholine rings is 1. The van der Waals surface area contributed by atoms with E-state index in [2.05, 4.69) is 9.97 Å². The Hall–Kier alpha value is -1.76. The van der Waals surface area contributed by atoms with Crippen LogP contribution in [0.5, 0.6) is 0 Å². The molecule has 1 aromatic carbocycles. The molecule has 2 heterocycles. The van der Waals surface area contributed by atoms with Gasteiger partial charge in [-0.25, -0.2) is 0 Å². The summed E-state index contributed by atoms with van der Waals surface area (Å²) >= 11 is 11.9. The number of nitrogens with zero attached hydrogens (tertiary/aromatic N) is 2. The van der Waals surface area contributed by atoms with Gasteiger partial charge in [0.25, 0.3) is 5.56 Å². The zero-order valence-corrected chi connectivity index (χ0v) is 13.1. The average Bonchev–Trinajstić information content (AvgIpc) is 2.51. The topological polar surface area (TPSA) is 84.2 Å². The van der Waals surface area contributed by atoms with Crippen LogP contribution in [-0.4, -0.2) is 36.3 Å². The van der Waals surface area contributed by atoms with Crippen LogP contribution in [0.1, 0.15) is 0 Å². The third-order valence-corrected chi connectivity index (χ3v) is 4.19. The number of anilines is 2. The first-order valence-electron chi connectivity index (χ1n) is 6.74. The molecular formula is C14H14Cl2N4O2. The van der Waals surface area contributed by atoms with E-state index in [1.54, 1.807) is 18.2 Å². The van der Waals surface area contributed by atoms with Crippen LogP contribution in [-0.2, 0) is 4.74 Å². The number of nitrogens with one attached hydrogen (secondary N) is 1. The summed E-state index contributed by atoms with van der Waals surface area (Å²) in [5, 5.41) is 0.772. The summed E-state index contributed by atoms with van der Waals surface area (Å²) in [7, 11) is 0. The first-order valence-corrected chi connectivity index (χ1v) is 7.50. The lowest BCUT2D eigenvalue weighted by atomic mass is 10.1. The number of ether oxygens (including phenoxy) is 1. The Morgan fingerprint density at radius 3 is 2.59 bits per heavy atom. The normalized spacial score (nSPS) is 15.1. The van der Waals surface area contributed by atoms with Crippen molar-refractivity contribution in [1.29, 1.82) is 0 Å². The summed E-state index contributed by atoms with van der Waals surface area (Å²) in [5.41, 5.74) is 6.54. The van der Waals surface area contributed by atoms with Crippen molar-refractivity contribution in [2.45, 2.75) is 0 Å². The van der Waals surface area contributed by atoms with Crippen LogP contribution in [0.15, 0.2) is 23.0 Å². The summed E-state index contributed by atoms with van der Waals surface area (Å²) in [6.45, 7) is 2.51. The van der Waals surface area contributed by atoms with Gasteiger partial charge in [0, 0.05) is 13.1 Å². The minimum atomic E-state index is -0.313. The molecule has 3 rings (SSSR count). The fourth-order valence-corrected chi connectivity index (χ4v) is 2.63. The monoisotopic (exact) mass is 340 g/mol. The van der Waals surface area contributed by atoms with Gasteiger partial charge in [0.15, 0.2) is 0 Å². The van der Waals surface area contributed by atoms with Crippen molar-refractivity contribution in [2.24, 2.45) is 0 Å². The Morgan fingerprint density at radius 1 is 1.23 bits per heavy atom. The predicted molar refractivity (Wildman–Crippen MR) is 87.8 cm³/mol. The Balaban J connectivity index is 2.02. The van der Waals surface area contributed by atoms with Crippen molar-refractivity contribution in [3.8, 4) is 11.1 Å². The quantitative estimate of drug-likeness (QED) is 0.875. The van der Waals surface area contributed by atoms with Gasteiger partial charge in [0.1, 0.15) is 5.82 Å². The van der Waals surface area contributed by atoms with Gasteiger partial charge in [-0.05, 0) is 17.7 Å². The van der Waals surface area contributed by atoms with Crippen LogP contribution < -0.4 is 16.2 Å². The van der Waals surface area contributed by atoms with E-state index < -0.39 is 0 Å². The average molecular weight is 341 g/mol. The van der Waals surface area contributed by atoms with Gasteiger partial charge >= 0.3 is 0 Å². The Labute approximate surface area is 136 Å². The zero-order valence-electron chi connectivity index (χ0n) is 11.6. The maximum Gasteiger partial charge on any atom is 0.262 e. The molecule has 0 saturated carbocycles. The van der Waals surface area contributed by atoms with Gasteiger partial charge in [-0.2, -0.15) is 4.98 Å². The van der Waals surface area contributed by atoms with Crippen LogP contribution in [0.3, 0.4) is 0 Å². The molecule has 22 heavy (non-hydrogen) atoms. The van der Waals surface area contributed by atoms with E-state index in [0.29, 0.717) is 47.9 Å². The standard InChI is InChI=1S/C14H14Cl2N4O2/c15-9-2-1-8(7-10(9)16)11-12(17)18-14(19-13(11)21)20-3-5-22-6-4-20/h1-2,7H,3-6H2,(H3,17,18,19,21). The van der Waals surface area contributed by atoms with Crippen LogP contribution in [0.2, 0.25) is 10.0 Å². The first-order chi connectivity index (χ1) is 10.6. The molecule has 2 aromatic rings. The number of rotatable bonds is 2. The van der Waals surface area contributed by atoms with E-state index in [1.165, 1.54) is 0 Å². The van der Waals surface area contributed by atoms with Crippen LogP contribution in [0, 0.1) is 0 Å². The Kier molecular flexibility index (Phi) is 4.24. The largest absolute Gasteiger partial charge is 0.383 e. The predicted octanol–water partition coefficient (Wildman–Crippen LogP) is 2.16. The van der Waals surface area contributed by atoms with Crippen molar-refractivity contribution in [1.82, 2.24) is 9.97 Å². The molecule has 1 aliphatic heterocycles. The second kappa shape index (κ2) is 6.16. The molecule has 3 N–H and O–H groups in total. The van der Waals surface area contributed by atoms with Crippen LogP contribution >= 0.6 is 23.2 Å². The second-order valence-corrected chi connectivity index (χ2v) is 5.69. The maximum absolute atomic E-state index is 12.4. The summed E-state index contributed by atoms with van der Waals surface area (Å²) in [5.74, 6) is 0.609. The molecule has 116 valence electrons. The third kappa shape index (κ3) is 2.90. The van der Waals surface area contributed by atoms with Crippen molar-refractivity contribution >= 4 is 35.0 Å². The summed E-state index contributed by atoms with van der Waals surface area (Å²) < 4.78 is 5.28. The highest BCUT2D eigenvalue weighted by Gasteiger charge is 2.17. The summed E-state index contributed by atoms with van der Waals surface area (Å²) in [6.07, 6.45) is 0. The lowest BCUT2D eigenvalue weighted by Gasteiger charge is -2.27.